The molecule has 0 spiro atoms. The molecule has 0 saturated heterocycles. The van der Waals surface area contributed by atoms with E-state index >= 15 is 0 Å². The highest BCUT2D eigenvalue weighted by molar-refractivity contribution is 5.27. The Morgan fingerprint density at radius 1 is 1.18 bits per heavy atom. The van der Waals surface area contributed by atoms with E-state index in [4.69, 9.17) is 4.74 Å². The molecule has 1 N–H and O–H groups in total. The van der Waals surface area contributed by atoms with Crippen LogP contribution in [0, 0.1) is 11.8 Å². The van der Waals surface area contributed by atoms with Gasteiger partial charge in [0, 0.05) is 7.11 Å². The smallest absolute Gasteiger partial charge is 0.0821 e. The SMILES string of the molecule is COCc1ccc(C(O)C2CCC3=C(C2)C(C)CCC3)cc1. The van der Waals surface area contributed by atoms with Crippen LogP contribution < -0.4 is 0 Å². The molecule has 1 aromatic rings. The molecule has 1 aromatic carbocycles. The molecule has 0 fully saturated rings. The first kappa shape index (κ1) is 15.8. The topological polar surface area (TPSA) is 29.5 Å². The van der Waals surface area contributed by atoms with Crippen molar-refractivity contribution in [1.82, 2.24) is 0 Å². The predicted octanol–water partition coefficient (Wildman–Crippen LogP) is 4.78. The number of aliphatic hydroxyl groups excluding tert-OH is 1. The minimum Gasteiger partial charge on any atom is -0.388 e. The van der Waals surface area contributed by atoms with E-state index < -0.39 is 0 Å². The van der Waals surface area contributed by atoms with Crippen LogP contribution in [-0.4, -0.2) is 12.2 Å². The maximum atomic E-state index is 10.8. The molecular weight excluding hydrogens is 272 g/mol. The van der Waals surface area contributed by atoms with E-state index in [0.29, 0.717) is 12.5 Å². The van der Waals surface area contributed by atoms with Crippen molar-refractivity contribution in [2.24, 2.45) is 11.8 Å². The molecule has 2 aliphatic carbocycles. The van der Waals surface area contributed by atoms with Crippen LogP contribution >= 0.6 is 0 Å². The van der Waals surface area contributed by atoms with Gasteiger partial charge in [0.25, 0.3) is 0 Å². The first-order chi connectivity index (χ1) is 10.7. The summed E-state index contributed by atoms with van der Waals surface area (Å²) in [4.78, 5) is 0. The summed E-state index contributed by atoms with van der Waals surface area (Å²) in [5.41, 5.74) is 5.58. The third kappa shape index (κ3) is 3.28. The zero-order valence-corrected chi connectivity index (χ0v) is 13.8. The normalized spacial score (nSPS) is 26.7. The Morgan fingerprint density at radius 2 is 1.95 bits per heavy atom. The molecule has 0 amide bonds. The molecule has 0 bridgehead atoms. The average molecular weight is 300 g/mol. The zero-order valence-electron chi connectivity index (χ0n) is 13.8. The first-order valence-electron chi connectivity index (χ1n) is 8.65. The van der Waals surface area contributed by atoms with Crippen molar-refractivity contribution in [3.05, 3.63) is 46.5 Å². The number of allylic oxidation sites excluding steroid dienone is 2. The number of hydrogen-bond donors (Lipinski definition) is 1. The highest BCUT2D eigenvalue weighted by Gasteiger charge is 2.30. The molecule has 22 heavy (non-hydrogen) atoms. The third-order valence-corrected chi connectivity index (χ3v) is 5.54. The Hall–Kier alpha value is -1.12. The van der Waals surface area contributed by atoms with Gasteiger partial charge in [0.05, 0.1) is 12.7 Å². The number of methoxy groups -OCH3 is 1. The van der Waals surface area contributed by atoms with Gasteiger partial charge in [-0.2, -0.15) is 0 Å². The Kier molecular flexibility index (Phi) is 5.00. The maximum Gasteiger partial charge on any atom is 0.0821 e. The molecular formula is C20H28O2. The molecule has 3 atom stereocenters. The van der Waals surface area contributed by atoms with E-state index in [2.05, 4.69) is 31.2 Å². The second-order valence-corrected chi connectivity index (χ2v) is 7.04. The summed E-state index contributed by atoms with van der Waals surface area (Å²) in [7, 11) is 1.71. The number of hydrogen-bond acceptors (Lipinski definition) is 2. The van der Waals surface area contributed by atoms with Crippen LogP contribution in [0.2, 0.25) is 0 Å². The largest absolute Gasteiger partial charge is 0.388 e. The van der Waals surface area contributed by atoms with Gasteiger partial charge in [-0.25, -0.2) is 0 Å². The fraction of sp³-hybridized carbons (Fsp3) is 0.600. The first-order valence-corrected chi connectivity index (χ1v) is 8.65. The van der Waals surface area contributed by atoms with Crippen LogP contribution in [-0.2, 0) is 11.3 Å². The second-order valence-electron chi connectivity index (χ2n) is 7.04. The summed E-state index contributed by atoms with van der Waals surface area (Å²) in [6, 6.07) is 8.26. The van der Waals surface area contributed by atoms with Gasteiger partial charge in [-0.15, -0.1) is 0 Å². The van der Waals surface area contributed by atoms with E-state index in [-0.39, 0.29) is 6.10 Å². The molecule has 2 heteroatoms. The Bertz CT molecular complexity index is 529. The van der Waals surface area contributed by atoms with E-state index in [0.717, 1.165) is 29.9 Å². The number of aliphatic hydroxyl groups is 1. The molecule has 0 saturated carbocycles. The summed E-state index contributed by atoms with van der Waals surface area (Å²) in [6.45, 7) is 3.00. The molecule has 0 aliphatic heterocycles. The number of rotatable bonds is 4. The Balaban J connectivity index is 1.70. The van der Waals surface area contributed by atoms with Crippen molar-refractivity contribution in [2.75, 3.05) is 7.11 Å². The lowest BCUT2D eigenvalue weighted by molar-refractivity contribution is 0.0962. The van der Waals surface area contributed by atoms with Crippen molar-refractivity contribution in [1.29, 1.82) is 0 Å². The molecule has 120 valence electrons. The van der Waals surface area contributed by atoms with Crippen LogP contribution in [0.25, 0.3) is 0 Å². The van der Waals surface area contributed by atoms with Crippen molar-refractivity contribution >= 4 is 0 Å². The number of ether oxygens (including phenoxy) is 1. The van der Waals surface area contributed by atoms with Crippen LogP contribution in [0.15, 0.2) is 35.4 Å². The lowest BCUT2D eigenvalue weighted by atomic mass is 9.71. The molecule has 0 radical (unpaired) electrons. The standard InChI is InChI=1S/C20H28O2/c1-14-4-3-5-16-10-11-18(12-19(14)16)20(21)17-8-6-15(7-9-17)13-22-2/h6-9,14,18,20-21H,3-5,10-13H2,1-2H3. The molecule has 2 aliphatic rings. The van der Waals surface area contributed by atoms with Gasteiger partial charge in [-0.1, -0.05) is 42.3 Å². The van der Waals surface area contributed by atoms with Gasteiger partial charge in [-0.05, 0) is 61.5 Å². The van der Waals surface area contributed by atoms with E-state index in [1.54, 1.807) is 18.3 Å². The molecule has 0 aromatic heterocycles. The maximum absolute atomic E-state index is 10.8. The van der Waals surface area contributed by atoms with Crippen molar-refractivity contribution in [3.8, 4) is 0 Å². The molecule has 2 nitrogen and oxygen atoms in total. The summed E-state index contributed by atoms with van der Waals surface area (Å²) in [5, 5.41) is 10.8. The highest BCUT2D eigenvalue weighted by Crippen LogP contribution is 2.44. The van der Waals surface area contributed by atoms with Gasteiger partial charge in [0.15, 0.2) is 0 Å². The van der Waals surface area contributed by atoms with E-state index in [1.165, 1.54) is 25.7 Å². The predicted molar refractivity (Wildman–Crippen MR) is 89.5 cm³/mol. The fourth-order valence-electron chi connectivity index (χ4n) is 4.20. The van der Waals surface area contributed by atoms with Crippen molar-refractivity contribution in [3.63, 3.8) is 0 Å². The summed E-state index contributed by atoms with van der Waals surface area (Å²) in [5.74, 6) is 1.11. The van der Waals surface area contributed by atoms with Crippen LogP contribution in [0.5, 0.6) is 0 Å². The van der Waals surface area contributed by atoms with Gasteiger partial charge in [-0.3, -0.25) is 0 Å². The quantitative estimate of drug-likeness (QED) is 0.811. The Labute approximate surface area is 134 Å². The van der Waals surface area contributed by atoms with Gasteiger partial charge < -0.3 is 9.84 Å². The van der Waals surface area contributed by atoms with Gasteiger partial charge >= 0.3 is 0 Å². The monoisotopic (exact) mass is 300 g/mol. The van der Waals surface area contributed by atoms with E-state index in [9.17, 15) is 5.11 Å². The molecule has 3 rings (SSSR count). The van der Waals surface area contributed by atoms with E-state index in [1.807, 2.05) is 0 Å². The third-order valence-electron chi connectivity index (χ3n) is 5.54. The highest BCUT2D eigenvalue weighted by atomic mass is 16.5. The molecule has 0 heterocycles. The van der Waals surface area contributed by atoms with Crippen LogP contribution in [0.3, 0.4) is 0 Å². The van der Waals surface area contributed by atoms with Crippen molar-refractivity contribution in [2.45, 2.75) is 58.2 Å². The van der Waals surface area contributed by atoms with Crippen LogP contribution in [0.4, 0.5) is 0 Å². The fourth-order valence-corrected chi connectivity index (χ4v) is 4.20. The summed E-state index contributed by atoms with van der Waals surface area (Å²) < 4.78 is 5.15. The average Bonchev–Trinajstić information content (AvgIpc) is 2.55. The molecule has 3 unspecified atom stereocenters. The number of benzene rings is 1. The lowest BCUT2D eigenvalue weighted by Crippen LogP contribution is -2.22. The van der Waals surface area contributed by atoms with Gasteiger partial charge in [0.2, 0.25) is 0 Å². The lowest BCUT2D eigenvalue weighted by Gasteiger charge is -2.36. The minimum absolute atomic E-state index is 0.334. The van der Waals surface area contributed by atoms with Crippen LogP contribution in [0.1, 0.15) is 62.7 Å². The van der Waals surface area contributed by atoms with Crippen molar-refractivity contribution < 1.29 is 9.84 Å². The zero-order chi connectivity index (χ0) is 15.5. The Morgan fingerprint density at radius 3 is 2.68 bits per heavy atom. The van der Waals surface area contributed by atoms with Gasteiger partial charge in [0.1, 0.15) is 0 Å². The summed E-state index contributed by atoms with van der Waals surface area (Å²) >= 11 is 0. The minimum atomic E-state index is -0.334. The second kappa shape index (κ2) is 6.97. The summed E-state index contributed by atoms with van der Waals surface area (Å²) in [6.07, 6.45) is 7.07.